The summed E-state index contributed by atoms with van der Waals surface area (Å²) in [7, 11) is -5.22. The molecule has 0 spiro atoms. The van der Waals surface area contributed by atoms with Crippen LogP contribution in [0.4, 0.5) is 0 Å². The van der Waals surface area contributed by atoms with E-state index in [1.807, 2.05) is 0 Å². The first-order chi connectivity index (χ1) is 8.21. The monoisotopic (exact) mass is 297 g/mol. The molecule has 6 nitrogen and oxygen atoms in total. The van der Waals surface area contributed by atoms with E-state index in [1.165, 1.54) is 11.4 Å². The van der Waals surface area contributed by atoms with Crippen LogP contribution in [0.15, 0.2) is 0 Å². The van der Waals surface area contributed by atoms with Crippen molar-refractivity contribution in [2.75, 3.05) is 25.1 Å². The summed E-state index contributed by atoms with van der Waals surface area (Å²) >= 11 is 0. The molecule has 8 heteroatoms. The minimum absolute atomic E-state index is 0.0348. The van der Waals surface area contributed by atoms with E-state index in [-0.39, 0.29) is 29.9 Å². The average Bonchev–Trinajstić information content (AvgIpc) is 2.57. The molecule has 0 amide bonds. The molecule has 106 valence electrons. The van der Waals surface area contributed by atoms with Crippen molar-refractivity contribution in [1.82, 2.24) is 4.31 Å². The fraction of sp³-hybridized carbons (Fsp3) is 1.00. The van der Waals surface area contributed by atoms with Crippen LogP contribution in [0.1, 0.15) is 19.3 Å². The van der Waals surface area contributed by atoms with Crippen LogP contribution in [0.25, 0.3) is 0 Å². The minimum Gasteiger partial charge on any atom is -0.393 e. The predicted molar refractivity (Wildman–Crippen MR) is 67.3 cm³/mol. The van der Waals surface area contributed by atoms with E-state index < -0.39 is 25.1 Å². The molecule has 2 aliphatic rings. The molecule has 1 N–H and O–H groups in total. The first-order valence-corrected chi connectivity index (χ1v) is 9.37. The van der Waals surface area contributed by atoms with Crippen LogP contribution in [0.2, 0.25) is 0 Å². The largest absolute Gasteiger partial charge is 0.393 e. The Morgan fingerprint density at radius 1 is 1.33 bits per heavy atom. The van der Waals surface area contributed by atoms with Gasteiger partial charge < -0.3 is 5.11 Å². The van der Waals surface area contributed by atoms with Gasteiger partial charge in [-0.05, 0) is 25.2 Å². The van der Waals surface area contributed by atoms with Crippen molar-refractivity contribution in [2.24, 2.45) is 5.92 Å². The first-order valence-electron chi connectivity index (χ1n) is 6.04. The smallest absolute Gasteiger partial charge is 0.217 e. The van der Waals surface area contributed by atoms with Gasteiger partial charge in [-0.25, -0.2) is 21.1 Å². The third-order valence-electron chi connectivity index (χ3n) is 3.77. The van der Waals surface area contributed by atoms with E-state index in [0.717, 1.165) is 0 Å². The Bertz CT molecular complexity index is 506. The molecule has 1 atom stereocenters. The van der Waals surface area contributed by atoms with Gasteiger partial charge in [-0.1, -0.05) is 0 Å². The summed E-state index contributed by atoms with van der Waals surface area (Å²) in [6, 6.07) is 0. The van der Waals surface area contributed by atoms with Gasteiger partial charge >= 0.3 is 0 Å². The fourth-order valence-electron chi connectivity index (χ4n) is 2.57. The highest BCUT2D eigenvalue weighted by Crippen LogP contribution is 2.29. The van der Waals surface area contributed by atoms with Crippen LogP contribution < -0.4 is 0 Å². The van der Waals surface area contributed by atoms with Gasteiger partial charge in [0.05, 0.1) is 22.9 Å². The molecule has 1 aliphatic heterocycles. The highest BCUT2D eigenvalue weighted by Gasteiger charge is 2.40. The normalized spacial score (nSPS) is 35.6. The second-order valence-corrected chi connectivity index (χ2v) is 9.89. The van der Waals surface area contributed by atoms with Crippen molar-refractivity contribution in [3.8, 4) is 0 Å². The Kier molecular flexibility index (Phi) is 3.74. The first kappa shape index (κ1) is 14.2. The summed E-state index contributed by atoms with van der Waals surface area (Å²) in [5.74, 6) is -0.0994. The van der Waals surface area contributed by atoms with Crippen LogP contribution in [-0.4, -0.2) is 62.7 Å². The minimum atomic E-state index is -3.53. The Balaban J connectivity index is 1.98. The summed E-state index contributed by atoms with van der Waals surface area (Å²) in [4.78, 5) is 0. The molecular weight excluding hydrogens is 278 g/mol. The predicted octanol–water partition coefficient (Wildman–Crippen LogP) is -0.794. The summed E-state index contributed by atoms with van der Waals surface area (Å²) in [5, 5.41) is 8.37. The fourth-order valence-corrected chi connectivity index (χ4v) is 6.91. The molecule has 0 aromatic rings. The molecule has 1 aliphatic carbocycles. The van der Waals surface area contributed by atoms with Crippen molar-refractivity contribution in [3.05, 3.63) is 0 Å². The van der Waals surface area contributed by atoms with Crippen LogP contribution in [0, 0.1) is 5.92 Å². The lowest BCUT2D eigenvalue weighted by Crippen LogP contribution is -2.43. The summed E-state index contributed by atoms with van der Waals surface area (Å²) in [6.45, 7) is 0.371. The van der Waals surface area contributed by atoms with Gasteiger partial charge in [0.1, 0.15) is 0 Å². The number of hydrogen-bond donors (Lipinski definition) is 1. The van der Waals surface area contributed by atoms with Crippen molar-refractivity contribution in [2.45, 2.75) is 30.6 Å². The molecule has 1 saturated carbocycles. The average molecular weight is 297 g/mol. The third kappa shape index (κ3) is 2.87. The Hall–Kier alpha value is -0.180. The second-order valence-electron chi connectivity index (χ2n) is 5.34. The van der Waals surface area contributed by atoms with Crippen LogP contribution in [0.3, 0.4) is 0 Å². The summed E-state index contributed by atoms with van der Waals surface area (Å²) in [5.41, 5.74) is 0. The number of sulfone groups is 1. The third-order valence-corrected chi connectivity index (χ3v) is 8.01. The quantitative estimate of drug-likeness (QED) is 0.734. The van der Waals surface area contributed by atoms with Crippen LogP contribution >= 0.6 is 0 Å². The Labute approximate surface area is 108 Å². The molecule has 1 heterocycles. The SMILES string of the molecule is CN(CC1CC(O)C1)S(=O)(=O)C1CCS(=O)(=O)C1. The maximum Gasteiger partial charge on any atom is 0.217 e. The zero-order valence-electron chi connectivity index (χ0n) is 10.3. The van der Waals surface area contributed by atoms with Crippen molar-refractivity contribution in [3.63, 3.8) is 0 Å². The molecule has 0 aromatic carbocycles. The van der Waals surface area contributed by atoms with E-state index in [9.17, 15) is 16.8 Å². The zero-order chi connectivity index (χ0) is 13.6. The summed E-state index contributed by atoms with van der Waals surface area (Å²) in [6.07, 6.45) is 1.14. The molecule has 18 heavy (non-hydrogen) atoms. The zero-order valence-corrected chi connectivity index (χ0v) is 12.0. The molecule has 2 rings (SSSR count). The van der Waals surface area contributed by atoms with E-state index in [4.69, 9.17) is 5.11 Å². The maximum absolute atomic E-state index is 12.2. The van der Waals surface area contributed by atoms with Gasteiger partial charge in [0.15, 0.2) is 9.84 Å². The number of aliphatic hydroxyl groups excluding tert-OH is 1. The molecular formula is C10H19NO5S2. The number of nitrogens with zero attached hydrogens (tertiary/aromatic N) is 1. The van der Waals surface area contributed by atoms with E-state index in [2.05, 4.69) is 0 Å². The van der Waals surface area contributed by atoms with Gasteiger partial charge in [-0.15, -0.1) is 0 Å². The Morgan fingerprint density at radius 2 is 1.94 bits per heavy atom. The lowest BCUT2D eigenvalue weighted by atomic mass is 9.82. The second kappa shape index (κ2) is 4.73. The van der Waals surface area contributed by atoms with Crippen LogP contribution in [0.5, 0.6) is 0 Å². The highest BCUT2D eigenvalue weighted by molar-refractivity contribution is 7.95. The van der Waals surface area contributed by atoms with Gasteiger partial charge in [-0.3, -0.25) is 0 Å². The lowest BCUT2D eigenvalue weighted by molar-refractivity contribution is 0.0366. The molecule has 0 radical (unpaired) electrons. The number of sulfonamides is 1. The Morgan fingerprint density at radius 3 is 2.39 bits per heavy atom. The van der Waals surface area contributed by atoms with Gasteiger partial charge in [-0.2, -0.15) is 0 Å². The van der Waals surface area contributed by atoms with E-state index in [1.54, 1.807) is 0 Å². The highest BCUT2D eigenvalue weighted by atomic mass is 32.2. The van der Waals surface area contributed by atoms with Gasteiger partial charge in [0.25, 0.3) is 0 Å². The maximum atomic E-state index is 12.2. The van der Waals surface area contributed by atoms with E-state index in [0.29, 0.717) is 19.4 Å². The number of aliphatic hydroxyl groups is 1. The molecule has 0 bridgehead atoms. The van der Waals surface area contributed by atoms with Crippen molar-refractivity contribution < 1.29 is 21.9 Å². The molecule has 2 fully saturated rings. The summed E-state index contributed by atoms with van der Waals surface area (Å²) < 4.78 is 48.3. The van der Waals surface area contributed by atoms with Gasteiger partial charge in [0.2, 0.25) is 10.0 Å². The number of hydrogen-bond acceptors (Lipinski definition) is 5. The molecule has 0 aromatic heterocycles. The number of rotatable bonds is 4. The van der Waals surface area contributed by atoms with Crippen molar-refractivity contribution >= 4 is 19.9 Å². The molecule has 1 saturated heterocycles. The molecule has 1 unspecified atom stereocenters. The van der Waals surface area contributed by atoms with Gasteiger partial charge in [0, 0.05) is 13.6 Å². The van der Waals surface area contributed by atoms with Crippen molar-refractivity contribution in [1.29, 1.82) is 0 Å². The van der Waals surface area contributed by atoms with Crippen LogP contribution in [-0.2, 0) is 19.9 Å². The standard InChI is InChI=1S/C10H19NO5S2/c1-11(6-8-4-9(12)5-8)18(15,16)10-2-3-17(13,14)7-10/h8-10,12H,2-7H2,1H3. The van der Waals surface area contributed by atoms with E-state index >= 15 is 0 Å². The topological polar surface area (TPSA) is 91.8 Å². The lowest BCUT2D eigenvalue weighted by Gasteiger charge is -2.34.